The number of ether oxygens (including phenoxy) is 1. The van der Waals surface area contributed by atoms with Crippen LogP contribution in [0.25, 0.3) is 0 Å². The summed E-state index contributed by atoms with van der Waals surface area (Å²) in [5.74, 6) is -0.836. The van der Waals surface area contributed by atoms with Gasteiger partial charge in [-0.15, -0.1) is 0 Å². The second-order valence-corrected chi connectivity index (χ2v) is 6.06. The minimum Gasteiger partial charge on any atom is -0.478 e. The van der Waals surface area contributed by atoms with Gasteiger partial charge in [0.1, 0.15) is 11.6 Å². The fraction of sp³-hybridized carbons (Fsp3) is 0.500. The molecule has 2 amide bonds. The molecule has 5 nitrogen and oxygen atoms in total. The first-order valence-corrected chi connectivity index (χ1v) is 7.33. The molecule has 6 heteroatoms. The van der Waals surface area contributed by atoms with E-state index in [0.29, 0.717) is 25.3 Å². The maximum atomic E-state index is 12.9. The van der Waals surface area contributed by atoms with Crippen LogP contribution in [0.3, 0.4) is 0 Å². The van der Waals surface area contributed by atoms with Gasteiger partial charge in [-0.3, -0.25) is 9.59 Å². The number of carbonyl (C=O) groups is 2. The van der Waals surface area contributed by atoms with Gasteiger partial charge in [0.15, 0.2) is 5.60 Å². The molecule has 1 heterocycles. The van der Waals surface area contributed by atoms with E-state index in [9.17, 15) is 14.0 Å². The summed E-state index contributed by atoms with van der Waals surface area (Å²) >= 11 is 0. The number of carbonyl (C=O) groups excluding carboxylic acids is 2. The van der Waals surface area contributed by atoms with Gasteiger partial charge in [0.05, 0.1) is 5.92 Å². The third-order valence-corrected chi connectivity index (χ3v) is 3.81. The SMILES string of the molecule is CC(C)(Oc1ccc(F)cc1)C(=O)N1CCCC(C(N)=O)C1. The third kappa shape index (κ3) is 3.75. The summed E-state index contributed by atoms with van der Waals surface area (Å²) in [4.78, 5) is 25.6. The van der Waals surface area contributed by atoms with Crippen LogP contribution in [0.1, 0.15) is 26.7 Å². The largest absolute Gasteiger partial charge is 0.478 e. The molecule has 120 valence electrons. The summed E-state index contributed by atoms with van der Waals surface area (Å²) < 4.78 is 18.6. The molecule has 22 heavy (non-hydrogen) atoms. The van der Waals surface area contributed by atoms with Crippen LogP contribution in [0.5, 0.6) is 5.75 Å². The van der Waals surface area contributed by atoms with Crippen molar-refractivity contribution in [3.05, 3.63) is 30.1 Å². The van der Waals surface area contributed by atoms with Crippen molar-refractivity contribution in [2.45, 2.75) is 32.3 Å². The van der Waals surface area contributed by atoms with Gasteiger partial charge in [0, 0.05) is 13.1 Å². The van der Waals surface area contributed by atoms with Gasteiger partial charge in [-0.25, -0.2) is 4.39 Å². The topological polar surface area (TPSA) is 72.6 Å². The van der Waals surface area contributed by atoms with Crippen molar-refractivity contribution in [2.24, 2.45) is 11.7 Å². The molecule has 1 atom stereocenters. The van der Waals surface area contributed by atoms with E-state index < -0.39 is 5.60 Å². The average molecular weight is 308 g/mol. The molecule has 0 radical (unpaired) electrons. The van der Waals surface area contributed by atoms with Crippen LogP contribution in [-0.2, 0) is 9.59 Å². The van der Waals surface area contributed by atoms with E-state index in [2.05, 4.69) is 0 Å². The molecule has 1 fully saturated rings. The molecule has 0 saturated carbocycles. The molecule has 1 aliphatic heterocycles. The zero-order valence-corrected chi connectivity index (χ0v) is 12.8. The molecule has 1 saturated heterocycles. The number of rotatable bonds is 4. The van der Waals surface area contributed by atoms with Crippen LogP contribution < -0.4 is 10.5 Å². The Balaban J connectivity index is 2.06. The molecular weight excluding hydrogens is 287 g/mol. The second-order valence-electron chi connectivity index (χ2n) is 6.06. The molecule has 0 aromatic heterocycles. The van der Waals surface area contributed by atoms with E-state index in [1.54, 1.807) is 18.7 Å². The van der Waals surface area contributed by atoms with E-state index in [1.807, 2.05) is 0 Å². The highest BCUT2D eigenvalue weighted by atomic mass is 19.1. The number of piperidine rings is 1. The van der Waals surface area contributed by atoms with Gasteiger partial charge in [0.25, 0.3) is 5.91 Å². The number of hydrogen-bond acceptors (Lipinski definition) is 3. The first-order valence-electron chi connectivity index (χ1n) is 7.33. The Morgan fingerprint density at radius 1 is 1.32 bits per heavy atom. The summed E-state index contributed by atoms with van der Waals surface area (Å²) in [5.41, 5.74) is 4.23. The van der Waals surface area contributed by atoms with Gasteiger partial charge in [0.2, 0.25) is 5.91 Å². The van der Waals surface area contributed by atoms with E-state index in [-0.39, 0.29) is 23.5 Å². The molecule has 1 aliphatic rings. The molecule has 2 N–H and O–H groups in total. The van der Waals surface area contributed by atoms with Crippen LogP contribution in [0.15, 0.2) is 24.3 Å². The zero-order valence-electron chi connectivity index (χ0n) is 12.8. The Bertz CT molecular complexity index is 557. The molecule has 2 rings (SSSR count). The van der Waals surface area contributed by atoms with Crippen molar-refractivity contribution in [1.29, 1.82) is 0 Å². The fourth-order valence-electron chi connectivity index (χ4n) is 2.62. The Morgan fingerprint density at radius 3 is 2.55 bits per heavy atom. The molecule has 1 aromatic rings. The Labute approximate surface area is 129 Å². The first kappa shape index (κ1) is 16.3. The van der Waals surface area contributed by atoms with Gasteiger partial charge in [-0.2, -0.15) is 0 Å². The summed E-state index contributed by atoms with van der Waals surface area (Å²) in [5, 5.41) is 0. The van der Waals surface area contributed by atoms with Crippen LogP contribution >= 0.6 is 0 Å². The summed E-state index contributed by atoms with van der Waals surface area (Å²) in [6.45, 7) is 4.22. The summed E-state index contributed by atoms with van der Waals surface area (Å²) in [7, 11) is 0. The highest BCUT2D eigenvalue weighted by molar-refractivity contribution is 5.86. The lowest BCUT2D eigenvalue weighted by molar-refractivity contribution is -0.148. The third-order valence-electron chi connectivity index (χ3n) is 3.81. The quantitative estimate of drug-likeness (QED) is 0.920. The van der Waals surface area contributed by atoms with Crippen molar-refractivity contribution in [1.82, 2.24) is 4.90 Å². The standard InChI is InChI=1S/C16H21FN2O3/c1-16(2,22-13-7-5-12(17)6-8-13)15(21)19-9-3-4-11(10-19)14(18)20/h5-8,11H,3-4,9-10H2,1-2H3,(H2,18,20). The van der Waals surface area contributed by atoms with Gasteiger partial charge < -0.3 is 15.4 Å². The zero-order chi connectivity index (χ0) is 16.3. The minimum atomic E-state index is -1.10. The van der Waals surface area contributed by atoms with Crippen LogP contribution in [0.2, 0.25) is 0 Å². The van der Waals surface area contributed by atoms with Crippen molar-refractivity contribution < 1.29 is 18.7 Å². The van der Waals surface area contributed by atoms with Crippen molar-refractivity contribution in [2.75, 3.05) is 13.1 Å². The molecule has 0 aliphatic carbocycles. The van der Waals surface area contributed by atoms with Gasteiger partial charge in [-0.05, 0) is 51.0 Å². The van der Waals surface area contributed by atoms with Crippen molar-refractivity contribution in [3.8, 4) is 5.75 Å². The van der Waals surface area contributed by atoms with E-state index in [1.165, 1.54) is 24.3 Å². The minimum absolute atomic E-state index is 0.206. The van der Waals surface area contributed by atoms with Crippen LogP contribution in [0.4, 0.5) is 4.39 Å². The molecule has 0 bridgehead atoms. The summed E-state index contributed by atoms with van der Waals surface area (Å²) in [6.07, 6.45) is 1.45. The highest BCUT2D eigenvalue weighted by Gasteiger charge is 2.37. The normalized spacial score (nSPS) is 18.9. The molecule has 1 unspecified atom stereocenters. The number of likely N-dealkylation sites (tertiary alicyclic amines) is 1. The Morgan fingerprint density at radius 2 is 1.95 bits per heavy atom. The maximum Gasteiger partial charge on any atom is 0.266 e. The lowest BCUT2D eigenvalue weighted by Gasteiger charge is -2.36. The lowest BCUT2D eigenvalue weighted by atomic mass is 9.95. The fourth-order valence-corrected chi connectivity index (χ4v) is 2.62. The summed E-state index contributed by atoms with van der Waals surface area (Å²) in [6, 6.07) is 5.51. The van der Waals surface area contributed by atoms with E-state index >= 15 is 0 Å². The van der Waals surface area contributed by atoms with E-state index in [0.717, 1.165) is 6.42 Å². The monoisotopic (exact) mass is 308 g/mol. The predicted molar refractivity (Wildman–Crippen MR) is 79.6 cm³/mol. The number of nitrogens with two attached hydrogens (primary N) is 1. The maximum absolute atomic E-state index is 12.9. The predicted octanol–water partition coefficient (Wildman–Crippen LogP) is 1.71. The Hall–Kier alpha value is -2.11. The number of benzene rings is 1. The van der Waals surface area contributed by atoms with Crippen molar-refractivity contribution >= 4 is 11.8 Å². The highest BCUT2D eigenvalue weighted by Crippen LogP contribution is 2.24. The smallest absolute Gasteiger partial charge is 0.266 e. The number of nitrogens with zero attached hydrogens (tertiary/aromatic N) is 1. The lowest BCUT2D eigenvalue weighted by Crippen LogP contribution is -2.53. The van der Waals surface area contributed by atoms with Gasteiger partial charge >= 0.3 is 0 Å². The number of amides is 2. The van der Waals surface area contributed by atoms with Gasteiger partial charge in [-0.1, -0.05) is 0 Å². The molecule has 0 spiro atoms. The molecule has 1 aromatic carbocycles. The number of hydrogen-bond donors (Lipinski definition) is 1. The first-order chi connectivity index (χ1) is 10.3. The average Bonchev–Trinajstić information content (AvgIpc) is 2.48. The Kier molecular flexibility index (Phi) is 4.68. The number of halogens is 1. The van der Waals surface area contributed by atoms with Crippen LogP contribution in [-0.4, -0.2) is 35.4 Å². The van der Waals surface area contributed by atoms with Crippen molar-refractivity contribution in [3.63, 3.8) is 0 Å². The van der Waals surface area contributed by atoms with E-state index in [4.69, 9.17) is 10.5 Å². The second kappa shape index (κ2) is 6.34. The number of primary amides is 1. The van der Waals surface area contributed by atoms with Crippen LogP contribution in [0, 0.1) is 11.7 Å². The molecular formula is C16H21FN2O3.